The van der Waals surface area contributed by atoms with Crippen LogP contribution in [-0.2, 0) is 4.79 Å². The number of hydrogen-bond donors (Lipinski definition) is 4. The van der Waals surface area contributed by atoms with Gasteiger partial charge in [-0.15, -0.1) is 0 Å². The number of nitrogens with zero attached hydrogens (tertiary/aromatic N) is 1. The van der Waals surface area contributed by atoms with E-state index in [0.717, 1.165) is 29.2 Å². The van der Waals surface area contributed by atoms with E-state index in [-0.39, 0.29) is 5.84 Å². The lowest BCUT2D eigenvalue weighted by molar-refractivity contribution is -0.134. The number of aryl methyl sites for hydroxylation is 1. The molecule has 0 unspecified atom stereocenters. The predicted octanol–water partition coefficient (Wildman–Crippen LogP) is 1.25. The molecule has 0 spiro atoms. The average molecular weight is 234 g/mol. The molecule has 0 amide bonds. The molecule has 17 heavy (non-hydrogen) atoms. The van der Waals surface area contributed by atoms with Crippen LogP contribution in [0.3, 0.4) is 0 Å². The quantitative estimate of drug-likeness (QED) is 0.439. The standard InChI is InChI=1S/C9H10N4.C2H4O2/c1-5-4-7-6(8(10)11)2-3-12-9(7)13-5;1-2(3)4/h2-4H,1H3,(H3,10,11)(H,12,13);1H3,(H,3,4). The zero-order chi connectivity index (χ0) is 13.0. The third kappa shape index (κ3) is 3.30. The van der Waals surface area contributed by atoms with Gasteiger partial charge in [-0.25, -0.2) is 4.98 Å². The predicted molar refractivity (Wildman–Crippen MR) is 65.2 cm³/mol. The maximum atomic E-state index is 9.00. The Kier molecular flexibility index (Phi) is 3.82. The minimum atomic E-state index is -0.833. The number of carbonyl (C=O) groups is 1. The highest BCUT2D eigenvalue weighted by Crippen LogP contribution is 2.16. The lowest BCUT2D eigenvalue weighted by Crippen LogP contribution is -2.11. The van der Waals surface area contributed by atoms with Crippen molar-refractivity contribution < 1.29 is 9.90 Å². The Bertz CT molecular complexity index is 556. The van der Waals surface area contributed by atoms with Gasteiger partial charge in [0, 0.05) is 29.8 Å². The first kappa shape index (κ1) is 12.7. The van der Waals surface area contributed by atoms with E-state index in [2.05, 4.69) is 9.97 Å². The summed E-state index contributed by atoms with van der Waals surface area (Å²) in [6, 6.07) is 3.69. The van der Waals surface area contributed by atoms with Crippen molar-refractivity contribution in [3.8, 4) is 0 Å². The fraction of sp³-hybridized carbons (Fsp3) is 0.182. The fourth-order valence-electron chi connectivity index (χ4n) is 1.39. The minimum Gasteiger partial charge on any atom is -0.481 e. The first-order valence-corrected chi connectivity index (χ1v) is 4.90. The number of nitrogen functional groups attached to an aromatic ring is 1. The Balaban J connectivity index is 0.000000317. The van der Waals surface area contributed by atoms with Crippen molar-refractivity contribution in [1.82, 2.24) is 9.97 Å². The molecule has 0 aliphatic rings. The molecule has 0 saturated heterocycles. The number of fused-ring (bicyclic) bond motifs is 1. The van der Waals surface area contributed by atoms with E-state index in [1.807, 2.05) is 13.0 Å². The molecule has 2 aromatic heterocycles. The summed E-state index contributed by atoms with van der Waals surface area (Å²) in [5.41, 5.74) is 7.97. The second-order valence-corrected chi connectivity index (χ2v) is 3.51. The molecule has 5 N–H and O–H groups in total. The van der Waals surface area contributed by atoms with Gasteiger partial charge in [0.15, 0.2) is 0 Å². The van der Waals surface area contributed by atoms with Crippen LogP contribution < -0.4 is 5.73 Å². The Morgan fingerprint density at radius 2 is 2.18 bits per heavy atom. The van der Waals surface area contributed by atoms with E-state index < -0.39 is 5.97 Å². The van der Waals surface area contributed by atoms with Crippen molar-refractivity contribution in [2.45, 2.75) is 13.8 Å². The summed E-state index contributed by atoms with van der Waals surface area (Å²) < 4.78 is 0. The van der Waals surface area contributed by atoms with Gasteiger partial charge in [-0.05, 0) is 19.1 Å². The molecule has 0 bridgehead atoms. The number of nitrogens with one attached hydrogen (secondary N) is 2. The summed E-state index contributed by atoms with van der Waals surface area (Å²) in [7, 11) is 0. The van der Waals surface area contributed by atoms with E-state index in [0.29, 0.717) is 0 Å². The van der Waals surface area contributed by atoms with Crippen LogP contribution in [0.5, 0.6) is 0 Å². The highest BCUT2D eigenvalue weighted by molar-refractivity contribution is 6.06. The Morgan fingerprint density at radius 1 is 1.59 bits per heavy atom. The summed E-state index contributed by atoms with van der Waals surface area (Å²) in [4.78, 5) is 16.2. The Labute approximate surface area is 98.0 Å². The number of amidine groups is 1. The molecule has 2 rings (SSSR count). The van der Waals surface area contributed by atoms with Crippen LogP contribution in [0.4, 0.5) is 0 Å². The monoisotopic (exact) mass is 234 g/mol. The molecule has 0 atom stereocenters. The second kappa shape index (κ2) is 5.11. The van der Waals surface area contributed by atoms with Crippen molar-refractivity contribution in [3.63, 3.8) is 0 Å². The fourth-order valence-corrected chi connectivity index (χ4v) is 1.39. The molecule has 6 heteroatoms. The summed E-state index contributed by atoms with van der Waals surface area (Å²) in [5, 5.41) is 15.7. The highest BCUT2D eigenvalue weighted by atomic mass is 16.4. The Hall–Kier alpha value is -2.37. The summed E-state index contributed by atoms with van der Waals surface area (Å²) in [5.74, 6) is -0.758. The molecule has 2 heterocycles. The number of aliphatic carboxylic acids is 1. The molecular weight excluding hydrogens is 220 g/mol. The summed E-state index contributed by atoms with van der Waals surface area (Å²) >= 11 is 0. The molecule has 0 radical (unpaired) electrons. The number of aromatic amines is 1. The molecule has 0 fully saturated rings. The second-order valence-electron chi connectivity index (χ2n) is 3.51. The average Bonchev–Trinajstić information content (AvgIpc) is 2.55. The van der Waals surface area contributed by atoms with Crippen molar-refractivity contribution in [2.24, 2.45) is 5.73 Å². The zero-order valence-electron chi connectivity index (χ0n) is 9.61. The van der Waals surface area contributed by atoms with E-state index >= 15 is 0 Å². The van der Waals surface area contributed by atoms with Crippen molar-refractivity contribution in [1.29, 1.82) is 5.41 Å². The minimum absolute atomic E-state index is 0.0754. The van der Waals surface area contributed by atoms with Crippen molar-refractivity contribution >= 4 is 22.8 Å². The number of pyridine rings is 1. The van der Waals surface area contributed by atoms with Crippen molar-refractivity contribution in [2.75, 3.05) is 0 Å². The number of hydrogen-bond acceptors (Lipinski definition) is 3. The zero-order valence-corrected chi connectivity index (χ0v) is 9.61. The summed E-state index contributed by atoms with van der Waals surface area (Å²) in [6.45, 7) is 3.03. The first-order chi connectivity index (χ1) is 7.91. The third-order valence-electron chi connectivity index (χ3n) is 1.96. The number of aromatic nitrogens is 2. The van der Waals surface area contributed by atoms with E-state index in [4.69, 9.17) is 21.0 Å². The van der Waals surface area contributed by atoms with E-state index in [1.54, 1.807) is 12.3 Å². The lowest BCUT2D eigenvalue weighted by atomic mass is 10.1. The van der Waals surface area contributed by atoms with E-state index in [1.165, 1.54) is 0 Å². The van der Waals surface area contributed by atoms with Gasteiger partial charge in [-0.2, -0.15) is 0 Å². The molecule has 6 nitrogen and oxygen atoms in total. The smallest absolute Gasteiger partial charge is 0.300 e. The van der Waals surface area contributed by atoms with Crippen molar-refractivity contribution in [3.05, 3.63) is 29.6 Å². The van der Waals surface area contributed by atoms with Gasteiger partial charge in [-0.3, -0.25) is 10.2 Å². The van der Waals surface area contributed by atoms with Gasteiger partial charge in [0.25, 0.3) is 5.97 Å². The van der Waals surface area contributed by atoms with Gasteiger partial charge >= 0.3 is 0 Å². The summed E-state index contributed by atoms with van der Waals surface area (Å²) in [6.07, 6.45) is 1.65. The normalized spacial score (nSPS) is 9.53. The van der Waals surface area contributed by atoms with Crippen LogP contribution in [0, 0.1) is 12.3 Å². The van der Waals surface area contributed by atoms with Gasteiger partial charge < -0.3 is 15.8 Å². The first-order valence-electron chi connectivity index (χ1n) is 4.90. The number of nitrogens with two attached hydrogens (primary N) is 1. The number of carboxylic acid groups (broad SMARTS) is 1. The molecule has 0 aliphatic carbocycles. The van der Waals surface area contributed by atoms with Gasteiger partial charge in [0.1, 0.15) is 11.5 Å². The maximum Gasteiger partial charge on any atom is 0.300 e. The topological polar surface area (TPSA) is 116 Å². The Morgan fingerprint density at radius 3 is 2.71 bits per heavy atom. The highest BCUT2D eigenvalue weighted by Gasteiger charge is 2.05. The number of carboxylic acids is 1. The van der Waals surface area contributed by atoms with Gasteiger partial charge in [0.05, 0.1) is 0 Å². The lowest BCUT2D eigenvalue weighted by Gasteiger charge is -1.97. The van der Waals surface area contributed by atoms with Crippen LogP contribution in [0.15, 0.2) is 18.3 Å². The molecule has 0 aromatic carbocycles. The van der Waals surface area contributed by atoms with Gasteiger partial charge in [-0.1, -0.05) is 0 Å². The third-order valence-corrected chi connectivity index (χ3v) is 1.96. The van der Waals surface area contributed by atoms with Crippen LogP contribution in [-0.4, -0.2) is 26.9 Å². The largest absolute Gasteiger partial charge is 0.481 e. The number of rotatable bonds is 1. The van der Waals surface area contributed by atoms with E-state index in [9.17, 15) is 0 Å². The molecule has 0 aliphatic heterocycles. The van der Waals surface area contributed by atoms with Crippen LogP contribution in [0.2, 0.25) is 0 Å². The molecular formula is C11H14N4O2. The van der Waals surface area contributed by atoms with Crippen LogP contribution in [0.1, 0.15) is 18.2 Å². The SMILES string of the molecule is CC(=O)O.Cc1cc2c(C(=N)N)ccnc2[nH]1. The van der Waals surface area contributed by atoms with Gasteiger partial charge in [0.2, 0.25) is 0 Å². The van der Waals surface area contributed by atoms with Crippen LogP contribution in [0.25, 0.3) is 11.0 Å². The molecule has 0 saturated carbocycles. The molecule has 90 valence electrons. The number of H-pyrrole nitrogens is 1. The maximum absolute atomic E-state index is 9.00. The van der Waals surface area contributed by atoms with Crippen LogP contribution >= 0.6 is 0 Å². The molecule has 2 aromatic rings.